The topological polar surface area (TPSA) is 85.3 Å². The third kappa shape index (κ3) is 32.2. The van der Waals surface area contributed by atoms with E-state index in [2.05, 4.69) is 46.6 Å². The van der Waals surface area contributed by atoms with Crippen LogP contribution in [0.1, 0.15) is 12.5 Å². The zero-order chi connectivity index (χ0) is 17.6. The summed E-state index contributed by atoms with van der Waals surface area (Å²) in [6.45, 7) is 30.1. The van der Waals surface area contributed by atoms with Crippen LogP contribution in [0.5, 0.6) is 0 Å². The van der Waals surface area contributed by atoms with E-state index < -0.39 is 4.75 Å². The molecule has 1 atom stereocenters. The molecule has 0 aliphatic heterocycles. The van der Waals surface area contributed by atoms with Crippen molar-refractivity contribution < 1.29 is 41.3 Å². The van der Waals surface area contributed by atoms with Gasteiger partial charge < -0.3 is 0 Å². The molecule has 0 amide bonds. The van der Waals surface area contributed by atoms with Crippen molar-refractivity contribution in [1.82, 2.24) is 0 Å². The van der Waals surface area contributed by atoms with E-state index in [-0.39, 0.29) is 17.4 Å². The first-order chi connectivity index (χ1) is 9.61. The Hall–Kier alpha value is -1.55. The molecule has 0 aliphatic carbocycles. The molecule has 108 valence electrons. The van der Waals surface area contributed by atoms with Gasteiger partial charge in [-0.25, -0.2) is 0 Å². The Balaban J connectivity index is -0.0000000440. The average molecular weight is 342 g/mol. The largest absolute Gasteiger partial charge is 0.281 e. The van der Waals surface area contributed by atoms with E-state index in [1.54, 1.807) is 0 Å². The van der Waals surface area contributed by atoms with Gasteiger partial charge in [0.15, 0.2) is 0 Å². The summed E-state index contributed by atoms with van der Waals surface area (Å²) in [7, 11) is 0. The summed E-state index contributed by atoms with van der Waals surface area (Å²) in [6.07, 6.45) is 0. The Morgan fingerprint density at radius 1 is 0.810 bits per heavy atom. The Bertz CT molecular complexity index is 269. The molecule has 7 heteroatoms. The third-order valence-corrected chi connectivity index (χ3v) is 1.62. The molecule has 12 radical (unpaired) electrons. The summed E-state index contributed by atoms with van der Waals surface area (Å²) in [4.78, 5) is 37.5. The van der Waals surface area contributed by atoms with E-state index in [0.29, 0.717) is 0 Å². The molecule has 0 bridgehead atoms. The van der Waals surface area contributed by atoms with Crippen molar-refractivity contribution in [3.63, 3.8) is 0 Å². The molecule has 1 rings (SSSR count). The zero-order valence-electron chi connectivity index (χ0n) is 10.9. The molecule has 21 heavy (non-hydrogen) atoms. The third-order valence-electron chi connectivity index (χ3n) is 1.36. The monoisotopic (exact) mass is 342 g/mol. The van der Waals surface area contributed by atoms with Crippen LogP contribution in [0.25, 0.3) is 0 Å². The van der Waals surface area contributed by atoms with Gasteiger partial charge in [-0.1, -0.05) is 30.3 Å². The van der Waals surface area contributed by atoms with Crippen LogP contribution in [-0.4, -0.2) is 33.9 Å². The molecule has 0 aromatic heterocycles. The second-order valence-corrected chi connectivity index (χ2v) is 3.44. The first-order valence-corrected chi connectivity index (χ1v) is 4.64. The summed E-state index contributed by atoms with van der Waals surface area (Å²) < 4.78 is -0.513. The van der Waals surface area contributed by atoms with E-state index >= 15 is 0 Å². The van der Waals surface area contributed by atoms with Crippen LogP contribution < -0.4 is 0 Å². The van der Waals surface area contributed by atoms with Crippen LogP contribution >= 0.6 is 12.6 Å². The van der Waals surface area contributed by atoms with Crippen LogP contribution in [0.15, 0.2) is 30.3 Å². The molecular weight excluding hydrogens is 332 g/mol. The maximum Gasteiger partial charge on any atom is 0.281 e. The molecule has 1 aromatic carbocycles. The molecule has 1 unspecified atom stereocenters. The van der Waals surface area contributed by atoms with Gasteiger partial charge >= 0.3 is 0 Å². The Morgan fingerprint density at radius 3 is 1.19 bits per heavy atom. The van der Waals surface area contributed by atoms with Crippen LogP contribution in [0.3, 0.4) is 0 Å². The Labute approximate surface area is 142 Å². The fraction of sp³-hybridized carbons (Fsp3) is 0.143. The van der Waals surface area contributed by atoms with E-state index in [4.69, 9.17) is 30.9 Å². The van der Waals surface area contributed by atoms with E-state index in [1.165, 1.54) is 0 Å². The molecule has 0 saturated heterocycles. The Morgan fingerprint density at radius 2 is 1.05 bits per heavy atom. The van der Waals surface area contributed by atoms with Crippen LogP contribution in [0.2, 0.25) is 0 Å². The summed E-state index contributed by atoms with van der Waals surface area (Å²) in [5.74, 6) is 0. The number of hydrogen-bond acceptors (Lipinski definition) is 6. The van der Waals surface area contributed by atoms with E-state index in [1.807, 2.05) is 37.3 Å². The predicted molar refractivity (Wildman–Crippen MR) is 75.5 cm³/mol. The van der Waals surface area contributed by atoms with Gasteiger partial charge in [0.05, 0.1) is 0 Å². The van der Waals surface area contributed by atoms with E-state index in [9.17, 15) is 0 Å². The average Bonchev–Trinajstić information content (AvgIpc) is 2.57. The number of hydrogen-bond donors (Lipinski definition) is 1. The maximum atomic E-state index is 7.50. The van der Waals surface area contributed by atoms with Gasteiger partial charge in [0.1, 0.15) is 0 Å². The van der Waals surface area contributed by atoms with Crippen molar-refractivity contribution in [2.24, 2.45) is 0 Å². The molecule has 0 spiro atoms. The second-order valence-electron chi connectivity index (χ2n) is 2.51. The van der Waals surface area contributed by atoms with Gasteiger partial charge in [0, 0.05) is 22.1 Å². The molecule has 0 heterocycles. The molecule has 1 aromatic rings. The summed E-state index contributed by atoms with van der Waals surface area (Å²) in [6, 6.07) is 9.80. The zero-order valence-corrected chi connectivity index (χ0v) is 13.0. The fourth-order valence-electron chi connectivity index (χ4n) is 0.776. The van der Waals surface area contributed by atoms with Gasteiger partial charge in [-0.15, -0.1) is 0 Å². The number of thiol groups is 1. The minimum absolute atomic E-state index is 0. The smallest absolute Gasteiger partial charge is 0.281 e. The van der Waals surface area contributed by atoms with Gasteiger partial charge in [-0.3, -0.25) is 24.0 Å². The predicted octanol–water partition coefficient (Wildman–Crippen LogP) is 0.555. The van der Waals surface area contributed by atoms with Gasteiger partial charge in [-0.2, -0.15) is 12.6 Å². The van der Waals surface area contributed by atoms with Gasteiger partial charge in [-0.05, 0) is 19.4 Å². The molecular formula is C14H10CrO5S. The number of benzene rings is 1. The standard InChI is InChI=1S/C9H10S.5CO.Cr/c1-9(2,10)8-6-4-3-5-7-8;5*1-2;/h1,3-7,10H,2H3;;;;;;. The minimum Gasteiger partial charge on any atom is -0.281 e. The van der Waals surface area contributed by atoms with Crippen molar-refractivity contribution >= 4 is 46.6 Å². The first kappa shape index (κ1) is 36.6. The summed E-state index contributed by atoms with van der Waals surface area (Å²) >= 11 is 4.22. The SMILES string of the molecule is [CH]C(C)(S)c1ccccc1.[C]=O.[C]=O.[C]=O.[C]=O.[C]=O.[Cr]. The second kappa shape index (κ2) is 36.2. The Kier molecular flexibility index (Phi) is 63.2. The van der Waals surface area contributed by atoms with Crippen molar-refractivity contribution in [2.75, 3.05) is 0 Å². The van der Waals surface area contributed by atoms with Crippen LogP contribution in [-0.2, 0) is 46.1 Å². The van der Waals surface area contributed by atoms with Crippen molar-refractivity contribution in [3.8, 4) is 0 Å². The van der Waals surface area contributed by atoms with Gasteiger partial charge in [0.25, 0.3) is 33.9 Å². The van der Waals surface area contributed by atoms with Crippen LogP contribution in [0, 0.1) is 6.92 Å². The number of rotatable bonds is 1. The number of carbonyl (C=O) groups excluding carboxylic acids is 5. The molecule has 0 N–H and O–H groups in total. The van der Waals surface area contributed by atoms with Crippen molar-refractivity contribution in [1.29, 1.82) is 0 Å². The fourth-order valence-corrected chi connectivity index (χ4v) is 0.925. The van der Waals surface area contributed by atoms with Crippen molar-refractivity contribution in [2.45, 2.75) is 11.7 Å². The molecule has 5 nitrogen and oxygen atoms in total. The first-order valence-electron chi connectivity index (χ1n) is 4.19. The molecule has 0 saturated carbocycles. The van der Waals surface area contributed by atoms with E-state index in [0.717, 1.165) is 5.56 Å². The summed E-state index contributed by atoms with van der Waals surface area (Å²) in [5, 5.41) is 0. The minimum atomic E-state index is -0.513. The van der Waals surface area contributed by atoms with Crippen molar-refractivity contribution in [3.05, 3.63) is 42.8 Å². The normalized spacial score (nSPS) is 6.43. The molecule has 0 aliphatic rings. The van der Waals surface area contributed by atoms with Crippen LogP contribution in [0.4, 0.5) is 0 Å². The maximum absolute atomic E-state index is 7.50. The molecule has 0 fully saturated rings. The summed E-state index contributed by atoms with van der Waals surface area (Å²) in [5.41, 5.74) is 1.04. The van der Waals surface area contributed by atoms with Gasteiger partial charge in [0.2, 0.25) is 0 Å². The quantitative estimate of drug-likeness (QED) is 0.754.